The van der Waals surface area contributed by atoms with Crippen LogP contribution in [-0.2, 0) is 14.3 Å². The zero-order valence-corrected chi connectivity index (χ0v) is 8.90. The van der Waals surface area contributed by atoms with Gasteiger partial charge in [-0.3, -0.25) is 4.79 Å². The Morgan fingerprint density at radius 1 is 1.60 bits per heavy atom. The average Bonchev–Trinajstić information content (AvgIpc) is 2.01. The van der Waals surface area contributed by atoms with Gasteiger partial charge in [-0.2, -0.15) is 5.26 Å². The molecule has 1 atom stereocenters. The molecule has 0 spiro atoms. The fourth-order valence-electron chi connectivity index (χ4n) is 1.03. The van der Waals surface area contributed by atoms with E-state index in [-0.39, 0.29) is 6.41 Å². The van der Waals surface area contributed by atoms with Crippen LogP contribution < -0.4 is 5.32 Å². The Morgan fingerprint density at radius 3 is 2.40 bits per heavy atom. The van der Waals surface area contributed by atoms with E-state index >= 15 is 0 Å². The van der Waals surface area contributed by atoms with Gasteiger partial charge in [0, 0.05) is 0 Å². The number of rotatable bonds is 5. The van der Waals surface area contributed by atoms with Crippen molar-refractivity contribution < 1.29 is 19.4 Å². The maximum atomic E-state index is 11.0. The van der Waals surface area contributed by atoms with Gasteiger partial charge in [-0.15, -0.1) is 0 Å². The lowest BCUT2D eigenvalue weighted by molar-refractivity contribution is -0.191. The number of ether oxygens (including phenoxy) is 1. The van der Waals surface area contributed by atoms with Crippen molar-refractivity contribution in [2.45, 2.75) is 38.5 Å². The summed E-state index contributed by atoms with van der Waals surface area (Å²) < 4.78 is 5.20. The average molecular weight is 214 g/mol. The Morgan fingerprint density at radius 2 is 2.13 bits per heavy atom. The summed E-state index contributed by atoms with van der Waals surface area (Å²) in [5.41, 5.74) is -2.76. The predicted octanol–water partition coefficient (Wildman–Crippen LogP) is 0.242. The molecule has 0 saturated carbocycles. The number of carbonyl (C=O) groups is 2. The van der Waals surface area contributed by atoms with Crippen LogP contribution in [0.2, 0.25) is 0 Å². The number of hydrogen-bond acceptors (Lipinski definition) is 4. The van der Waals surface area contributed by atoms with Crippen molar-refractivity contribution in [3.8, 4) is 6.07 Å². The van der Waals surface area contributed by atoms with E-state index in [4.69, 9.17) is 15.1 Å². The van der Waals surface area contributed by atoms with Crippen molar-refractivity contribution in [1.82, 2.24) is 5.32 Å². The van der Waals surface area contributed by atoms with Gasteiger partial charge < -0.3 is 15.2 Å². The van der Waals surface area contributed by atoms with Crippen molar-refractivity contribution in [2.24, 2.45) is 0 Å². The standard InChI is InChI=1S/C9H14N2O4/c1-8(2,3)15-9(4-5-10,7(13)14)11-6-12/h6H,4H2,1-3H3,(H,11,12)(H,13,14). The SMILES string of the molecule is CC(C)(C)OC(CC#N)(NC=O)C(=O)O. The second-order valence-electron chi connectivity index (χ2n) is 3.94. The van der Waals surface area contributed by atoms with Crippen LogP contribution in [0.4, 0.5) is 0 Å². The molecule has 0 heterocycles. The third kappa shape index (κ3) is 3.95. The van der Waals surface area contributed by atoms with Crippen molar-refractivity contribution >= 4 is 12.4 Å². The molecule has 84 valence electrons. The van der Waals surface area contributed by atoms with Gasteiger partial charge in [0.05, 0.1) is 18.1 Å². The summed E-state index contributed by atoms with van der Waals surface area (Å²) in [4.78, 5) is 21.3. The lowest BCUT2D eigenvalue weighted by Gasteiger charge is -2.33. The Balaban J connectivity index is 5.04. The minimum Gasteiger partial charge on any atom is -0.478 e. The van der Waals surface area contributed by atoms with E-state index in [2.05, 4.69) is 0 Å². The molecule has 0 saturated heterocycles. The summed E-state index contributed by atoms with van der Waals surface area (Å²) in [7, 11) is 0. The molecule has 0 aromatic heterocycles. The molecule has 6 nitrogen and oxygen atoms in total. The highest BCUT2D eigenvalue weighted by molar-refractivity contribution is 5.80. The summed E-state index contributed by atoms with van der Waals surface area (Å²) >= 11 is 0. The van der Waals surface area contributed by atoms with Gasteiger partial charge in [-0.05, 0) is 20.8 Å². The van der Waals surface area contributed by atoms with E-state index in [0.717, 1.165) is 0 Å². The van der Waals surface area contributed by atoms with E-state index in [1.54, 1.807) is 26.8 Å². The molecule has 0 bridgehead atoms. The van der Waals surface area contributed by atoms with Crippen molar-refractivity contribution in [2.75, 3.05) is 0 Å². The van der Waals surface area contributed by atoms with Crippen LogP contribution in [-0.4, -0.2) is 28.8 Å². The molecule has 0 aliphatic heterocycles. The number of aliphatic carboxylic acids is 1. The largest absolute Gasteiger partial charge is 0.478 e. The number of nitriles is 1. The van der Waals surface area contributed by atoms with E-state index in [1.807, 2.05) is 5.32 Å². The second kappa shape index (κ2) is 4.75. The smallest absolute Gasteiger partial charge is 0.358 e. The maximum absolute atomic E-state index is 11.0. The molecule has 0 aromatic rings. The third-order valence-corrected chi connectivity index (χ3v) is 1.45. The lowest BCUT2D eigenvalue weighted by Crippen LogP contribution is -2.56. The van der Waals surface area contributed by atoms with E-state index in [0.29, 0.717) is 0 Å². The molecule has 0 radical (unpaired) electrons. The van der Waals surface area contributed by atoms with Gasteiger partial charge >= 0.3 is 5.97 Å². The third-order valence-electron chi connectivity index (χ3n) is 1.45. The van der Waals surface area contributed by atoms with Crippen molar-refractivity contribution in [3.63, 3.8) is 0 Å². The highest BCUT2D eigenvalue weighted by Gasteiger charge is 2.43. The molecule has 0 fully saturated rings. The fraction of sp³-hybridized carbons (Fsp3) is 0.667. The molecule has 1 unspecified atom stereocenters. The molecule has 6 heteroatoms. The molecular formula is C9H14N2O4. The van der Waals surface area contributed by atoms with Crippen LogP contribution in [0, 0.1) is 11.3 Å². The van der Waals surface area contributed by atoms with E-state index in [1.165, 1.54) is 0 Å². The van der Waals surface area contributed by atoms with Crippen LogP contribution in [0.3, 0.4) is 0 Å². The van der Waals surface area contributed by atoms with E-state index in [9.17, 15) is 9.59 Å². The molecule has 0 aliphatic rings. The highest BCUT2D eigenvalue weighted by Crippen LogP contribution is 2.21. The highest BCUT2D eigenvalue weighted by atomic mass is 16.6. The van der Waals surface area contributed by atoms with Crippen LogP contribution >= 0.6 is 0 Å². The van der Waals surface area contributed by atoms with Gasteiger partial charge in [0.2, 0.25) is 6.41 Å². The predicted molar refractivity (Wildman–Crippen MR) is 50.6 cm³/mol. The summed E-state index contributed by atoms with van der Waals surface area (Å²) in [6.45, 7) is 4.90. The van der Waals surface area contributed by atoms with Crippen molar-refractivity contribution in [3.05, 3.63) is 0 Å². The molecule has 0 aromatic carbocycles. The first-order valence-corrected chi connectivity index (χ1v) is 4.29. The van der Waals surface area contributed by atoms with Gasteiger partial charge in [-0.1, -0.05) is 0 Å². The quantitative estimate of drug-likeness (QED) is 0.504. The van der Waals surface area contributed by atoms with Gasteiger partial charge in [0.25, 0.3) is 5.72 Å². The number of carbonyl (C=O) groups excluding carboxylic acids is 1. The molecule has 0 aliphatic carbocycles. The normalized spacial score (nSPS) is 14.8. The number of carboxylic acids is 1. The van der Waals surface area contributed by atoms with Crippen LogP contribution in [0.15, 0.2) is 0 Å². The molecular weight excluding hydrogens is 200 g/mol. The Bertz CT molecular complexity index is 289. The maximum Gasteiger partial charge on any atom is 0.358 e. The van der Waals surface area contributed by atoms with Crippen LogP contribution in [0.1, 0.15) is 27.2 Å². The van der Waals surface area contributed by atoms with Gasteiger partial charge in [0.15, 0.2) is 0 Å². The Kier molecular flexibility index (Phi) is 4.24. The fourth-order valence-corrected chi connectivity index (χ4v) is 1.03. The summed E-state index contributed by atoms with van der Waals surface area (Å²) in [6, 6.07) is 1.67. The topological polar surface area (TPSA) is 99.4 Å². The zero-order chi connectivity index (χ0) is 12.1. The monoisotopic (exact) mass is 214 g/mol. The van der Waals surface area contributed by atoms with Gasteiger partial charge in [-0.25, -0.2) is 4.79 Å². The molecule has 15 heavy (non-hydrogen) atoms. The molecule has 1 amide bonds. The first-order chi connectivity index (χ1) is 6.77. The number of carboxylic acid groups (broad SMARTS) is 1. The zero-order valence-electron chi connectivity index (χ0n) is 8.90. The summed E-state index contributed by atoms with van der Waals surface area (Å²) in [6.07, 6.45) is -0.254. The Labute approximate surface area is 87.8 Å². The second-order valence-corrected chi connectivity index (χ2v) is 3.94. The number of nitrogens with one attached hydrogen (secondary N) is 1. The van der Waals surface area contributed by atoms with Crippen molar-refractivity contribution in [1.29, 1.82) is 5.26 Å². The first-order valence-electron chi connectivity index (χ1n) is 4.29. The lowest BCUT2D eigenvalue weighted by atomic mass is 10.1. The molecule has 0 rings (SSSR count). The molecule has 2 N–H and O–H groups in total. The van der Waals surface area contributed by atoms with Crippen LogP contribution in [0.5, 0.6) is 0 Å². The van der Waals surface area contributed by atoms with Crippen LogP contribution in [0.25, 0.3) is 0 Å². The van der Waals surface area contributed by atoms with Gasteiger partial charge in [0.1, 0.15) is 0 Å². The first kappa shape index (κ1) is 13.4. The Hall–Kier alpha value is -1.61. The number of amides is 1. The minimum atomic E-state index is -1.98. The minimum absolute atomic E-state index is 0.206. The number of nitrogens with zero attached hydrogens (tertiary/aromatic N) is 1. The summed E-state index contributed by atoms with van der Waals surface area (Å²) in [5, 5.41) is 19.5. The van der Waals surface area contributed by atoms with E-state index < -0.39 is 23.7 Å². The number of hydrogen-bond donors (Lipinski definition) is 2. The summed E-state index contributed by atoms with van der Waals surface area (Å²) in [5.74, 6) is -1.40.